The van der Waals surface area contributed by atoms with E-state index in [0.29, 0.717) is 6.42 Å². The van der Waals surface area contributed by atoms with Crippen LogP contribution in [0.4, 0.5) is 5.69 Å². The monoisotopic (exact) mass is 232 g/mol. The van der Waals surface area contributed by atoms with E-state index in [-0.39, 0.29) is 6.42 Å². The van der Waals surface area contributed by atoms with Gasteiger partial charge in [-0.1, -0.05) is 18.2 Å². The Kier molecular flexibility index (Phi) is 3.32. The van der Waals surface area contributed by atoms with Gasteiger partial charge in [0.15, 0.2) is 0 Å². The van der Waals surface area contributed by atoms with Gasteiger partial charge in [0, 0.05) is 37.1 Å². The lowest BCUT2D eigenvalue weighted by Crippen LogP contribution is -2.18. The standard InChI is InChI=1S/C13H16N2O2/c1-15(8-4-7-13(16)17)12-9-14-11-6-3-2-5-10(11)12/h2-3,5-6,9,14H,4,7-8H2,1H3,(H,16,17). The summed E-state index contributed by atoms with van der Waals surface area (Å²) in [6.07, 6.45) is 2.84. The number of rotatable bonds is 5. The number of hydrogen-bond donors (Lipinski definition) is 2. The minimum Gasteiger partial charge on any atom is -0.481 e. The molecule has 4 nitrogen and oxygen atoms in total. The third-order valence-electron chi connectivity index (χ3n) is 2.86. The zero-order valence-electron chi connectivity index (χ0n) is 9.81. The Labute approximate surface area is 99.9 Å². The minimum atomic E-state index is -0.739. The Balaban J connectivity index is 2.08. The predicted octanol–water partition coefficient (Wildman–Crippen LogP) is 2.47. The average Bonchev–Trinajstić information content (AvgIpc) is 2.72. The van der Waals surface area contributed by atoms with Crippen molar-refractivity contribution < 1.29 is 9.90 Å². The van der Waals surface area contributed by atoms with E-state index in [1.807, 2.05) is 31.4 Å². The van der Waals surface area contributed by atoms with E-state index in [0.717, 1.165) is 17.7 Å². The van der Waals surface area contributed by atoms with Crippen molar-refractivity contribution in [2.45, 2.75) is 12.8 Å². The zero-order valence-corrected chi connectivity index (χ0v) is 9.81. The van der Waals surface area contributed by atoms with Crippen molar-refractivity contribution in [3.8, 4) is 0 Å². The maximum atomic E-state index is 10.5. The molecule has 0 unspecified atom stereocenters. The summed E-state index contributed by atoms with van der Waals surface area (Å²) in [4.78, 5) is 15.8. The van der Waals surface area contributed by atoms with Crippen molar-refractivity contribution >= 4 is 22.6 Å². The summed E-state index contributed by atoms with van der Waals surface area (Å²) in [6.45, 7) is 0.744. The molecule has 90 valence electrons. The van der Waals surface area contributed by atoms with Gasteiger partial charge in [0.25, 0.3) is 0 Å². The lowest BCUT2D eigenvalue weighted by atomic mass is 10.2. The Bertz CT molecular complexity index is 519. The third-order valence-corrected chi connectivity index (χ3v) is 2.86. The molecule has 17 heavy (non-hydrogen) atoms. The van der Waals surface area contributed by atoms with Gasteiger partial charge >= 0.3 is 5.97 Å². The average molecular weight is 232 g/mol. The minimum absolute atomic E-state index is 0.215. The van der Waals surface area contributed by atoms with Gasteiger partial charge in [-0.05, 0) is 12.5 Å². The second-order valence-electron chi connectivity index (χ2n) is 4.14. The molecule has 0 amide bonds. The SMILES string of the molecule is CN(CCCC(=O)O)c1c[nH]c2ccccc12. The number of benzene rings is 1. The van der Waals surface area contributed by atoms with Crippen LogP contribution in [-0.2, 0) is 4.79 Å². The number of aromatic amines is 1. The quantitative estimate of drug-likeness (QED) is 0.832. The summed E-state index contributed by atoms with van der Waals surface area (Å²) < 4.78 is 0. The van der Waals surface area contributed by atoms with Crippen molar-refractivity contribution in [1.29, 1.82) is 0 Å². The predicted molar refractivity (Wildman–Crippen MR) is 68.4 cm³/mol. The largest absolute Gasteiger partial charge is 0.481 e. The molecule has 0 saturated carbocycles. The topological polar surface area (TPSA) is 56.3 Å². The van der Waals surface area contributed by atoms with E-state index in [9.17, 15) is 4.79 Å². The van der Waals surface area contributed by atoms with Gasteiger partial charge in [-0.2, -0.15) is 0 Å². The number of nitrogens with one attached hydrogen (secondary N) is 1. The highest BCUT2D eigenvalue weighted by Crippen LogP contribution is 2.25. The maximum absolute atomic E-state index is 10.5. The second kappa shape index (κ2) is 4.91. The van der Waals surface area contributed by atoms with E-state index in [2.05, 4.69) is 16.0 Å². The molecular formula is C13H16N2O2. The van der Waals surface area contributed by atoms with E-state index in [4.69, 9.17) is 5.11 Å². The first-order valence-corrected chi connectivity index (χ1v) is 5.67. The number of carboxylic acids is 1. The van der Waals surface area contributed by atoms with Gasteiger partial charge in [0.2, 0.25) is 0 Å². The van der Waals surface area contributed by atoms with E-state index < -0.39 is 5.97 Å². The van der Waals surface area contributed by atoms with Crippen LogP contribution in [0.2, 0.25) is 0 Å². The smallest absolute Gasteiger partial charge is 0.303 e. The third kappa shape index (κ3) is 2.58. The molecule has 1 aromatic heterocycles. The fourth-order valence-electron chi connectivity index (χ4n) is 1.96. The Morgan fingerprint density at radius 3 is 2.94 bits per heavy atom. The van der Waals surface area contributed by atoms with E-state index in [1.165, 1.54) is 5.39 Å². The van der Waals surface area contributed by atoms with Gasteiger partial charge in [0.05, 0.1) is 5.69 Å². The van der Waals surface area contributed by atoms with Gasteiger partial charge in [0.1, 0.15) is 0 Å². The van der Waals surface area contributed by atoms with Gasteiger partial charge in [-0.25, -0.2) is 0 Å². The van der Waals surface area contributed by atoms with E-state index >= 15 is 0 Å². The molecule has 0 saturated heterocycles. The van der Waals surface area contributed by atoms with Crippen LogP contribution in [0.1, 0.15) is 12.8 Å². The maximum Gasteiger partial charge on any atom is 0.303 e. The molecule has 2 aromatic rings. The van der Waals surface area contributed by atoms with Crippen molar-refractivity contribution in [3.05, 3.63) is 30.5 Å². The van der Waals surface area contributed by atoms with Crippen molar-refractivity contribution in [2.24, 2.45) is 0 Å². The molecule has 0 aliphatic heterocycles. The van der Waals surface area contributed by atoms with Crippen LogP contribution in [0, 0.1) is 0 Å². The molecule has 4 heteroatoms. The second-order valence-corrected chi connectivity index (χ2v) is 4.14. The number of nitrogens with zero attached hydrogens (tertiary/aromatic N) is 1. The number of fused-ring (bicyclic) bond motifs is 1. The number of H-pyrrole nitrogens is 1. The van der Waals surface area contributed by atoms with Crippen LogP contribution in [-0.4, -0.2) is 29.7 Å². The van der Waals surface area contributed by atoms with E-state index in [1.54, 1.807) is 0 Å². The summed E-state index contributed by atoms with van der Waals surface area (Å²) in [7, 11) is 1.98. The molecule has 0 aliphatic rings. The van der Waals surface area contributed by atoms with Gasteiger partial charge < -0.3 is 15.0 Å². The molecule has 1 heterocycles. The van der Waals surface area contributed by atoms with Crippen molar-refractivity contribution in [3.63, 3.8) is 0 Å². The fraction of sp³-hybridized carbons (Fsp3) is 0.308. The van der Waals surface area contributed by atoms with Crippen LogP contribution in [0.25, 0.3) is 10.9 Å². The number of aromatic nitrogens is 1. The molecule has 1 aromatic carbocycles. The molecule has 0 atom stereocenters. The zero-order chi connectivity index (χ0) is 12.3. The first-order chi connectivity index (χ1) is 8.18. The Morgan fingerprint density at radius 1 is 1.41 bits per heavy atom. The molecule has 2 rings (SSSR count). The van der Waals surface area contributed by atoms with Crippen LogP contribution in [0.15, 0.2) is 30.5 Å². The summed E-state index contributed by atoms with van der Waals surface area (Å²) in [5, 5.41) is 9.78. The highest BCUT2D eigenvalue weighted by molar-refractivity contribution is 5.92. The van der Waals surface area contributed by atoms with Crippen LogP contribution in [0.3, 0.4) is 0 Å². The Hall–Kier alpha value is -1.97. The molecule has 0 radical (unpaired) electrons. The molecule has 0 bridgehead atoms. The number of carbonyl (C=O) groups is 1. The van der Waals surface area contributed by atoms with Gasteiger partial charge in [-0.3, -0.25) is 4.79 Å². The normalized spacial score (nSPS) is 10.6. The number of carboxylic acid groups (broad SMARTS) is 1. The summed E-state index contributed by atoms with van der Waals surface area (Å²) in [6, 6.07) is 8.09. The van der Waals surface area contributed by atoms with Crippen molar-refractivity contribution in [2.75, 3.05) is 18.5 Å². The fourth-order valence-corrected chi connectivity index (χ4v) is 1.96. The molecular weight excluding hydrogens is 216 g/mol. The number of aliphatic carboxylic acids is 1. The molecule has 0 fully saturated rings. The lowest BCUT2D eigenvalue weighted by Gasteiger charge is -2.17. The Morgan fingerprint density at radius 2 is 2.18 bits per heavy atom. The van der Waals surface area contributed by atoms with Crippen LogP contribution in [0.5, 0.6) is 0 Å². The molecule has 0 spiro atoms. The highest BCUT2D eigenvalue weighted by Gasteiger charge is 2.07. The first-order valence-electron chi connectivity index (χ1n) is 5.67. The molecule has 0 aliphatic carbocycles. The van der Waals surface area contributed by atoms with Crippen LogP contribution >= 0.6 is 0 Å². The number of para-hydroxylation sites is 1. The first kappa shape index (κ1) is 11.5. The summed E-state index contributed by atoms with van der Waals surface area (Å²) in [5.41, 5.74) is 2.22. The van der Waals surface area contributed by atoms with Crippen molar-refractivity contribution in [1.82, 2.24) is 4.98 Å². The summed E-state index contributed by atoms with van der Waals surface area (Å²) in [5.74, 6) is -0.739. The van der Waals surface area contributed by atoms with Crippen LogP contribution < -0.4 is 4.90 Å². The molecule has 2 N–H and O–H groups in total. The number of hydrogen-bond acceptors (Lipinski definition) is 2. The lowest BCUT2D eigenvalue weighted by molar-refractivity contribution is -0.137. The van der Waals surface area contributed by atoms with Gasteiger partial charge in [-0.15, -0.1) is 0 Å². The number of anilines is 1. The summed E-state index contributed by atoms with van der Waals surface area (Å²) >= 11 is 0. The highest BCUT2D eigenvalue weighted by atomic mass is 16.4.